The molecule has 14 heteroatoms. The molecule has 2 aromatic carbocycles. The summed E-state index contributed by atoms with van der Waals surface area (Å²) < 4.78 is 48.7. The summed E-state index contributed by atoms with van der Waals surface area (Å²) in [6.07, 6.45) is 1.47. The SMILES string of the molecule is CN1C(C2NC2CC2CCC(NC(=O)Nc3ccc(F)cc3)CC2)=NC(n2c(C(F)F)nc3ccccc32)=NC1N1CCOCC1. The number of imidazole rings is 1. The smallest absolute Gasteiger partial charge is 0.319 e. The lowest BCUT2D eigenvalue weighted by molar-refractivity contribution is -0.00803. The van der Waals surface area contributed by atoms with Crippen molar-refractivity contribution in [3.63, 3.8) is 0 Å². The number of rotatable bonds is 7. The Morgan fingerprint density at radius 1 is 1.07 bits per heavy atom. The molecule has 1 aromatic heterocycles. The zero-order valence-electron chi connectivity index (χ0n) is 25.6. The van der Waals surface area contributed by atoms with E-state index in [0.717, 1.165) is 37.9 Å². The van der Waals surface area contributed by atoms with E-state index >= 15 is 0 Å². The van der Waals surface area contributed by atoms with Crippen LogP contribution in [0.25, 0.3) is 11.0 Å². The Balaban J connectivity index is 1.03. The van der Waals surface area contributed by atoms with E-state index in [1.807, 2.05) is 11.9 Å². The molecule has 244 valence electrons. The van der Waals surface area contributed by atoms with Gasteiger partial charge in [0.25, 0.3) is 6.43 Å². The normalized spacial score (nSPS) is 27.0. The number of morpholine rings is 1. The van der Waals surface area contributed by atoms with Crippen LogP contribution in [-0.2, 0) is 4.74 Å². The number of carbonyl (C=O) groups excluding carboxylic acids is 1. The fourth-order valence-corrected chi connectivity index (χ4v) is 6.87. The largest absolute Gasteiger partial charge is 0.379 e. The van der Waals surface area contributed by atoms with E-state index < -0.39 is 12.7 Å². The first-order valence-corrected chi connectivity index (χ1v) is 15.9. The van der Waals surface area contributed by atoms with Crippen LogP contribution in [0, 0.1) is 11.7 Å². The fraction of sp³-hybridized carbons (Fsp3) is 0.500. The average molecular weight is 638 g/mol. The van der Waals surface area contributed by atoms with Gasteiger partial charge in [-0.05, 0) is 74.4 Å². The first-order chi connectivity index (χ1) is 22.3. The molecule has 0 radical (unpaired) electrons. The summed E-state index contributed by atoms with van der Waals surface area (Å²) in [5.74, 6) is 0.757. The topological polar surface area (TPSA) is 121 Å². The number of carbonyl (C=O) groups is 1. The number of likely N-dealkylation sites (N-methyl/N-ethyl adjacent to an activating group) is 1. The number of aromatic nitrogens is 2. The zero-order valence-corrected chi connectivity index (χ0v) is 25.6. The van der Waals surface area contributed by atoms with Crippen LogP contribution in [0.2, 0.25) is 0 Å². The third-order valence-electron chi connectivity index (χ3n) is 9.34. The second-order valence-electron chi connectivity index (χ2n) is 12.4. The van der Waals surface area contributed by atoms with E-state index in [2.05, 4.69) is 25.8 Å². The summed E-state index contributed by atoms with van der Waals surface area (Å²) in [7, 11) is 1.96. The maximum atomic E-state index is 14.3. The molecule has 11 nitrogen and oxygen atoms in total. The van der Waals surface area contributed by atoms with Crippen molar-refractivity contribution >= 4 is 34.5 Å². The first-order valence-electron chi connectivity index (χ1n) is 15.9. The molecule has 0 bridgehead atoms. The number of hydrogen-bond donors (Lipinski definition) is 3. The monoisotopic (exact) mass is 637 g/mol. The first kappa shape index (κ1) is 30.6. The van der Waals surface area contributed by atoms with Gasteiger partial charge in [-0.2, -0.15) is 4.99 Å². The lowest BCUT2D eigenvalue weighted by Crippen LogP contribution is -2.55. The lowest BCUT2D eigenvalue weighted by Gasteiger charge is -2.40. The predicted molar refractivity (Wildman–Crippen MR) is 169 cm³/mol. The molecule has 1 saturated carbocycles. The molecular weight excluding hydrogens is 599 g/mol. The van der Waals surface area contributed by atoms with Crippen molar-refractivity contribution in [2.24, 2.45) is 15.9 Å². The van der Waals surface area contributed by atoms with Crippen LogP contribution in [0.5, 0.6) is 0 Å². The van der Waals surface area contributed by atoms with Gasteiger partial charge in [-0.3, -0.25) is 9.47 Å². The van der Waals surface area contributed by atoms with Gasteiger partial charge in [0.05, 0.1) is 30.3 Å². The Labute approximate surface area is 264 Å². The Kier molecular flexibility index (Phi) is 8.66. The highest BCUT2D eigenvalue weighted by Gasteiger charge is 2.46. The number of amidine groups is 1. The molecule has 4 heterocycles. The predicted octanol–water partition coefficient (Wildman–Crippen LogP) is 4.39. The highest BCUT2D eigenvalue weighted by atomic mass is 19.3. The van der Waals surface area contributed by atoms with Crippen LogP contribution < -0.4 is 16.0 Å². The van der Waals surface area contributed by atoms with Gasteiger partial charge in [0.2, 0.25) is 5.96 Å². The van der Waals surface area contributed by atoms with Crippen molar-refractivity contribution in [2.45, 2.75) is 62.9 Å². The molecule has 3 N–H and O–H groups in total. The van der Waals surface area contributed by atoms with E-state index in [-0.39, 0.29) is 41.8 Å². The number of fused-ring (bicyclic) bond motifs is 1. The number of aliphatic imine (C=N–C) groups is 2. The van der Waals surface area contributed by atoms with Crippen molar-refractivity contribution in [2.75, 3.05) is 38.7 Å². The number of nitrogens with zero attached hydrogens (tertiary/aromatic N) is 6. The minimum absolute atomic E-state index is 0.0267. The van der Waals surface area contributed by atoms with Gasteiger partial charge in [-0.1, -0.05) is 12.1 Å². The standard InChI is InChI=1S/C32H38F3N9O2/c1-42-28(26-24(38-26)18-19-6-10-21(11-7-19)36-31(45)37-22-12-8-20(33)9-13-22)40-30(41-32(42)43-14-16-46-17-15-43)44-25-5-3-2-4-23(25)39-29(44)27(34)35/h2-5,8-9,12-13,19,21,24,26-27,32,38H,6-7,10-11,14-18H2,1H3,(H2,36,37,45). The molecule has 3 aliphatic heterocycles. The number of ether oxygens (including phenoxy) is 1. The van der Waals surface area contributed by atoms with Gasteiger partial charge in [-0.15, -0.1) is 0 Å². The van der Waals surface area contributed by atoms with Gasteiger partial charge in [0.1, 0.15) is 11.7 Å². The lowest BCUT2D eigenvalue weighted by atomic mass is 9.83. The molecule has 2 saturated heterocycles. The van der Waals surface area contributed by atoms with E-state index in [1.54, 1.807) is 24.3 Å². The van der Waals surface area contributed by atoms with Gasteiger partial charge in [0, 0.05) is 37.9 Å². The Bertz CT molecular complexity index is 1610. The van der Waals surface area contributed by atoms with Crippen molar-refractivity contribution < 1.29 is 22.7 Å². The van der Waals surface area contributed by atoms with E-state index in [4.69, 9.17) is 14.7 Å². The molecule has 7 rings (SSSR count). The van der Waals surface area contributed by atoms with Gasteiger partial charge < -0.3 is 25.6 Å². The number of benzene rings is 2. The van der Waals surface area contributed by atoms with Crippen LogP contribution in [-0.4, -0.2) is 94.9 Å². The Morgan fingerprint density at radius 3 is 2.54 bits per heavy atom. The molecule has 3 fully saturated rings. The van der Waals surface area contributed by atoms with E-state index in [1.165, 1.54) is 28.8 Å². The number of halogens is 3. The maximum Gasteiger partial charge on any atom is 0.319 e. The summed E-state index contributed by atoms with van der Waals surface area (Å²) in [5, 5.41) is 9.41. The molecule has 1 aliphatic carbocycles. The van der Waals surface area contributed by atoms with Crippen molar-refractivity contribution in [1.29, 1.82) is 0 Å². The number of urea groups is 1. The zero-order chi connectivity index (χ0) is 31.8. The third kappa shape index (κ3) is 6.46. The molecule has 3 aromatic rings. The number of hydrogen-bond acceptors (Lipinski definition) is 8. The highest BCUT2D eigenvalue weighted by molar-refractivity contribution is 6.05. The van der Waals surface area contributed by atoms with Gasteiger partial charge in [-0.25, -0.2) is 27.9 Å². The molecular formula is C32H38F3N9O2. The summed E-state index contributed by atoms with van der Waals surface area (Å²) in [6, 6.07) is 12.7. The summed E-state index contributed by atoms with van der Waals surface area (Å²) in [5.41, 5.74) is 1.56. The van der Waals surface area contributed by atoms with Crippen LogP contribution in [0.1, 0.15) is 44.4 Å². The summed E-state index contributed by atoms with van der Waals surface area (Å²) in [6.45, 7) is 2.50. The van der Waals surface area contributed by atoms with Crippen molar-refractivity contribution in [3.8, 4) is 0 Å². The van der Waals surface area contributed by atoms with E-state index in [0.29, 0.717) is 48.9 Å². The number of amides is 2. The minimum Gasteiger partial charge on any atom is -0.379 e. The molecule has 2 amide bonds. The molecule has 3 atom stereocenters. The van der Waals surface area contributed by atoms with Crippen LogP contribution >= 0.6 is 0 Å². The molecule has 3 unspecified atom stereocenters. The molecule has 4 aliphatic rings. The number of alkyl halides is 2. The molecule has 46 heavy (non-hydrogen) atoms. The van der Waals surface area contributed by atoms with Crippen molar-refractivity contribution in [1.82, 2.24) is 30.0 Å². The third-order valence-corrected chi connectivity index (χ3v) is 9.34. The minimum atomic E-state index is -2.79. The Hall–Kier alpha value is -4.01. The van der Waals surface area contributed by atoms with E-state index in [9.17, 15) is 18.0 Å². The summed E-state index contributed by atoms with van der Waals surface area (Å²) >= 11 is 0. The van der Waals surface area contributed by atoms with Crippen LogP contribution in [0.4, 0.5) is 23.7 Å². The van der Waals surface area contributed by atoms with Gasteiger partial charge >= 0.3 is 6.03 Å². The number of para-hydroxylation sites is 2. The Morgan fingerprint density at radius 2 is 1.80 bits per heavy atom. The van der Waals surface area contributed by atoms with Crippen molar-refractivity contribution in [3.05, 3.63) is 60.2 Å². The number of nitrogens with one attached hydrogen (secondary N) is 3. The average Bonchev–Trinajstić information content (AvgIpc) is 3.71. The summed E-state index contributed by atoms with van der Waals surface area (Å²) in [4.78, 5) is 30.8. The van der Waals surface area contributed by atoms with Crippen LogP contribution in [0.3, 0.4) is 0 Å². The quantitative estimate of drug-likeness (QED) is 0.331. The second kappa shape index (κ2) is 13.0. The highest BCUT2D eigenvalue weighted by Crippen LogP contribution is 2.34. The maximum absolute atomic E-state index is 14.3. The van der Waals surface area contributed by atoms with Gasteiger partial charge in [0.15, 0.2) is 12.1 Å². The fourth-order valence-electron chi connectivity index (χ4n) is 6.87. The second-order valence-corrected chi connectivity index (χ2v) is 12.4. The molecule has 0 spiro atoms. The number of anilines is 1. The van der Waals surface area contributed by atoms with Crippen LogP contribution in [0.15, 0.2) is 58.5 Å².